The van der Waals surface area contributed by atoms with Crippen LogP contribution in [0.3, 0.4) is 0 Å². The average Bonchev–Trinajstić information content (AvgIpc) is 2.81. The van der Waals surface area contributed by atoms with Gasteiger partial charge in [0.15, 0.2) is 5.69 Å². The number of H-pyrrole nitrogens is 1. The third-order valence-corrected chi connectivity index (χ3v) is 2.82. The number of alkyl halides is 3. The molecule has 0 bridgehead atoms. The van der Waals surface area contributed by atoms with E-state index in [1.807, 2.05) is 0 Å². The van der Waals surface area contributed by atoms with E-state index in [4.69, 9.17) is 0 Å². The Morgan fingerprint density at radius 1 is 1.10 bits per heavy atom. The molecule has 0 saturated heterocycles. The molecular weight excluding hydrogens is 271 g/mol. The number of rotatable bonds is 1. The van der Waals surface area contributed by atoms with Gasteiger partial charge in [0, 0.05) is 17.7 Å². The van der Waals surface area contributed by atoms with Crippen LogP contribution in [0.1, 0.15) is 5.69 Å². The lowest BCUT2D eigenvalue weighted by Crippen LogP contribution is -2.19. The molecular formula is C13H8F3N3O. The number of nitrogens with zero attached hydrogens (tertiary/aromatic N) is 2. The van der Waals surface area contributed by atoms with E-state index in [0.29, 0.717) is 21.8 Å². The van der Waals surface area contributed by atoms with Crippen molar-refractivity contribution in [2.45, 2.75) is 6.18 Å². The summed E-state index contributed by atoms with van der Waals surface area (Å²) in [4.78, 5) is 13.6. The van der Waals surface area contributed by atoms with Crippen LogP contribution in [0.2, 0.25) is 0 Å². The van der Waals surface area contributed by atoms with Crippen LogP contribution in [0.15, 0.2) is 47.3 Å². The van der Waals surface area contributed by atoms with Gasteiger partial charge >= 0.3 is 6.18 Å². The second kappa shape index (κ2) is 4.22. The van der Waals surface area contributed by atoms with Gasteiger partial charge in [-0.05, 0) is 0 Å². The number of hydrogen-bond donors (Lipinski definition) is 1. The van der Waals surface area contributed by atoms with Gasteiger partial charge in [0.1, 0.15) is 5.65 Å². The van der Waals surface area contributed by atoms with Gasteiger partial charge in [0.25, 0.3) is 5.56 Å². The van der Waals surface area contributed by atoms with E-state index in [0.717, 1.165) is 0 Å². The van der Waals surface area contributed by atoms with Crippen LogP contribution in [0.4, 0.5) is 13.2 Å². The summed E-state index contributed by atoms with van der Waals surface area (Å²) in [6.07, 6.45) is -4.65. The molecule has 0 spiro atoms. The fourth-order valence-electron chi connectivity index (χ4n) is 1.95. The molecule has 3 aromatic rings. The first kappa shape index (κ1) is 12.5. The fourth-order valence-corrected chi connectivity index (χ4v) is 1.95. The molecule has 0 atom stereocenters. The molecule has 4 nitrogen and oxygen atoms in total. The normalized spacial score (nSPS) is 11.9. The van der Waals surface area contributed by atoms with Crippen molar-refractivity contribution in [3.05, 3.63) is 58.5 Å². The number of benzene rings is 1. The smallest absolute Gasteiger partial charge is 0.307 e. The van der Waals surface area contributed by atoms with Gasteiger partial charge in [-0.1, -0.05) is 30.3 Å². The van der Waals surface area contributed by atoms with Crippen LogP contribution >= 0.6 is 0 Å². The van der Waals surface area contributed by atoms with Crippen LogP contribution in [0.5, 0.6) is 0 Å². The zero-order valence-electron chi connectivity index (χ0n) is 9.98. The van der Waals surface area contributed by atoms with E-state index in [1.54, 1.807) is 30.3 Å². The van der Waals surface area contributed by atoms with Crippen molar-refractivity contribution in [3.63, 3.8) is 0 Å². The standard InChI is InChI=1S/C13H8F3N3O/c14-13(15,16)10-7-12(20)17-11-6-9(18-19(10)11)8-4-2-1-3-5-8/h1-7H,(H,17,20). The lowest BCUT2D eigenvalue weighted by molar-refractivity contribution is -0.142. The highest BCUT2D eigenvalue weighted by atomic mass is 19.4. The molecule has 0 aliphatic rings. The third-order valence-electron chi connectivity index (χ3n) is 2.82. The first-order chi connectivity index (χ1) is 9.45. The molecule has 0 unspecified atom stereocenters. The molecule has 20 heavy (non-hydrogen) atoms. The zero-order valence-corrected chi connectivity index (χ0v) is 9.98. The maximum atomic E-state index is 12.9. The largest absolute Gasteiger partial charge is 0.433 e. The number of aromatic amines is 1. The summed E-state index contributed by atoms with van der Waals surface area (Å²) in [5.41, 5.74) is -0.880. The van der Waals surface area contributed by atoms with Crippen LogP contribution in [-0.4, -0.2) is 14.6 Å². The molecule has 0 radical (unpaired) electrons. The maximum absolute atomic E-state index is 12.9. The molecule has 3 rings (SSSR count). The first-order valence-electron chi connectivity index (χ1n) is 5.71. The summed E-state index contributed by atoms with van der Waals surface area (Å²) in [6.45, 7) is 0. The highest BCUT2D eigenvalue weighted by molar-refractivity contribution is 5.64. The van der Waals surface area contributed by atoms with Crippen LogP contribution in [0.25, 0.3) is 16.9 Å². The predicted octanol–water partition coefficient (Wildman–Crippen LogP) is 2.71. The van der Waals surface area contributed by atoms with Crippen LogP contribution < -0.4 is 5.56 Å². The summed E-state index contributed by atoms with van der Waals surface area (Å²) in [5, 5.41) is 3.92. The molecule has 0 aliphatic carbocycles. The Morgan fingerprint density at radius 2 is 1.80 bits per heavy atom. The van der Waals surface area contributed by atoms with Gasteiger partial charge in [-0.25, -0.2) is 4.52 Å². The average molecular weight is 279 g/mol. The minimum atomic E-state index is -4.65. The first-order valence-corrected chi connectivity index (χ1v) is 5.71. The molecule has 2 aromatic heterocycles. The summed E-state index contributed by atoms with van der Waals surface area (Å²) < 4.78 is 39.4. The Kier molecular flexibility index (Phi) is 2.63. The Labute approximate surface area is 110 Å². The van der Waals surface area contributed by atoms with Gasteiger partial charge in [0.05, 0.1) is 5.69 Å². The number of aromatic nitrogens is 3. The van der Waals surface area contributed by atoms with Crippen molar-refractivity contribution in [1.82, 2.24) is 14.6 Å². The lowest BCUT2D eigenvalue weighted by atomic mass is 10.2. The Bertz CT molecular complexity index is 818. The molecule has 1 aromatic carbocycles. The third kappa shape index (κ3) is 2.07. The van der Waals surface area contributed by atoms with E-state index in [2.05, 4.69) is 10.1 Å². The highest BCUT2D eigenvalue weighted by Crippen LogP contribution is 2.29. The summed E-state index contributed by atoms with van der Waals surface area (Å²) in [7, 11) is 0. The number of hydrogen-bond acceptors (Lipinski definition) is 2. The van der Waals surface area contributed by atoms with Gasteiger partial charge in [-0.3, -0.25) is 4.79 Å². The monoisotopic (exact) mass is 279 g/mol. The highest BCUT2D eigenvalue weighted by Gasteiger charge is 2.35. The summed E-state index contributed by atoms with van der Waals surface area (Å²) in [6, 6.07) is 10.7. The van der Waals surface area contributed by atoms with Crippen LogP contribution in [0, 0.1) is 0 Å². The fraction of sp³-hybridized carbons (Fsp3) is 0.0769. The predicted molar refractivity (Wildman–Crippen MR) is 66.3 cm³/mol. The van der Waals surface area contributed by atoms with Gasteiger partial charge < -0.3 is 4.98 Å². The van der Waals surface area contributed by atoms with E-state index in [-0.39, 0.29) is 5.65 Å². The van der Waals surface area contributed by atoms with E-state index >= 15 is 0 Å². The molecule has 0 fully saturated rings. The second-order valence-corrected chi connectivity index (χ2v) is 4.21. The minimum Gasteiger partial charge on any atom is -0.307 e. The maximum Gasteiger partial charge on any atom is 0.433 e. The molecule has 0 saturated carbocycles. The topological polar surface area (TPSA) is 50.2 Å². The Morgan fingerprint density at radius 3 is 2.45 bits per heavy atom. The SMILES string of the molecule is O=c1cc(C(F)(F)F)n2nc(-c3ccccc3)cc2[nH]1. The number of nitrogens with one attached hydrogen (secondary N) is 1. The molecule has 1 N–H and O–H groups in total. The van der Waals surface area contributed by atoms with E-state index in [1.165, 1.54) is 6.07 Å². The van der Waals surface area contributed by atoms with Crippen molar-refractivity contribution in [1.29, 1.82) is 0 Å². The summed E-state index contributed by atoms with van der Waals surface area (Å²) in [5.74, 6) is 0. The molecule has 7 heteroatoms. The number of halogens is 3. The van der Waals surface area contributed by atoms with Gasteiger partial charge in [0.2, 0.25) is 0 Å². The lowest BCUT2D eigenvalue weighted by Gasteiger charge is -2.07. The molecule has 0 aliphatic heterocycles. The van der Waals surface area contributed by atoms with Crippen molar-refractivity contribution < 1.29 is 13.2 Å². The molecule has 0 amide bonds. The van der Waals surface area contributed by atoms with Crippen molar-refractivity contribution in [2.24, 2.45) is 0 Å². The molecule has 102 valence electrons. The quantitative estimate of drug-likeness (QED) is 0.744. The molecule has 2 heterocycles. The minimum absolute atomic E-state index is 0.00341. The van der Waals surface area contributed by atoms with Gasteiger partial charge in [-0.2, -0.15) is 18.3 Å². The van der Waals surface area contributed by atoms with Crippen LogP contribution in [-0.2, 0) is 6.18 Å². The van der Waals surface area contributed by atoms with Crippen molar-refractivity contribution >= 4 is 5.65 Å². The summed E-state index contributed by atoms with van der Waals surface area (Å²) >= 11 is 0. The zero-order chi connectivity index (χ0) is 14.3. The van der Waals surface area contributed by atoms with Crippen molar-refractivity contribution in [2.75, 3.05) is 0 Å². The van der Waals surface area contributed by atoms with E-state index in [9.17, 15) is 18.0 Å². The Hall–Kier alpha value is -2.57. The Balaban J connectivity index is 2.29. The second-order valence-electron chi connectivity index (χ2n) is 4.21. The van der Waals surface area contributed by atoms with E-state index < -0.39 is 17.4 Å². The van der Waals surface area contributed by atoms with Gasteiger partial charge in [-0.15, -0.1) is 0 Å². The van der Waals surface area contributed by atoms with Crippen molar-refractivity contribution in [3.8, 4) is 11.3 Å². The number of fused-ring (bicyclic) bond motifs is 1.